The Bertz CT molecular complexity index is 845. The molecule has 132 valence electrons. The van der Waals surface area contributed by atoms with Gasteiger partial charge in [0.25, 0.3) is 0 Å². The molecule has 1 saturated heterocycles. The Morgan fingerprint density at radius 2 is 1.64 bits per heavy atom. The number of piperazine rings is 1. The standard InChI is InChI=1S/C18H21N3O3S/c19-18(22)16-6-4-5-15(13-16)14-20-9-11-21(12-10-20)25(23,24)17-7-2-1-3-8-17/h1-8,13H,9-12,14H2,(H2,19,22). The number of nitrogens with zero attached hydrogens (tertiary/aromatic N) is 2. The summed E-state index contributed by atoms with van der Waals surface area (Å²) in [5.41, 5.74) is 6.80. The van der Waals surface area contributed by atoms with E-state index in [1.807, 2.05) is 12.1 Å². The van der Waals surface area contributed by atoms with E-state index in [9.17, 15) is 13.2 Å². The van der Waals surface area contributed by atoms with Crippen LogP contribution >= 0.6 is 0 Å². The van der Waals surface area contributed by atoms with E-state index < -0.39 is 15.9 Å². The smallest absolute Gasteiger partial charge is 0.248 e. The first-order chi connectivity index (χ1) is 12.0. The number of carbonyl (C=O) groups excluding carboxylic acids is 1. The van der Waals surface area contributed by atoms with E-state index in [2.05, 4.69) is 4.90 Å². The van der Waals surface area contributed by atoms with Gasteiger partial charge in [-0.2, -0.15) is 4.31 Å². The molecule has 0 atom stereocenters. The van der Waals surface area contributed by atoms with Gasteiger partial charge in [0.15, 0.2) is 0 Å². The van der Waals surface area contributed by atoms with Crippen molar-refractivity contribution in [2.24, 2.45) is 5.73 Å². The van der Waals surface area contributed by atoms with Crippen molar-refractivity contribution in [3.8, 4) is 0 Å². The molecule has 0 unspecified atom stereocenters. The molecular weight excluding hydrogens is 338 g/mol. The fraction of sp³-hybridized carbons (Fsp3) is 0.278. The third-order valence-electron chi connectivity index (χ3n) is 4.33. The van der Waals surface area contributed by atoms with Gasteiger partial charge in [0, 0.05) is 38.3 Å². The van der Waals surface area contributed by atoms with E-state index in [4.69, 9.17) is 5.73 Å². The van der Waals surface area contributed by atoms with Gasteiger partial charge in [-0.1, -0.05) is 30.3 Å². The van der Waals surface area contributed by atoms with E-state index in [-0.39, 0.29) is 0 Å². The molecule has 0 aliphatic carbocycles. The van der Waals surface area contributed by atoms with Gasteiger partial charge in [0.2, 0.25) is 15.9 Å². The van der Waals surface area contributed by atoms with Gasteiger partial charge in [-0.3, -0.25) is 9.69 Å². The molecule has 2 N–H and O–H groups in total. The maximum Gasteiger partial charge on any atom is 0.248 e. The fourth-order valence-corrected chi connectivity index (χ4v) is 4.39. The molecule has 6 nitrogen and oxygen atoms in total. The lowest BCUT2D eigenvalue weighted by Crippen LogP contribution is -2.48. The minimum Gasteiger partial charge on any atom is -0.366 e. The summed E-state index contributed by atoms with van der Waals surface area (Å²) in [6, 6.07) is 15.7. The van der Waals surface area contributed by atoms with Crippen LogP contribution in [0.1, 0.15) is 15.9 Å². The highest BCUT2D eigenvalue weighted by molar-refractivity contribution is 7.89. The molecule has 0 aromatic heterocycles. The zero-order chi connectivity index (χ0) is 17.9. The molecule has 0 bridgehead atoms. The van der Waals surface area contributed by atoms with Crippen molar-refractivity contribution >= 4 is 15.9 Å². The zero-order valence-electron chi connectivity index (χ0n) is 13.8. The number of primary amides is 1. The van der Waals surface area contributed by atoms with Crippen LogP contribution < -0.4 is 5.73 Å². The summed E-state index contributed by atoms with van der Waals surface area (Å²) >= 11 is 0. The highest BCUT2D eigenvalue weighted by Gasteiger charge is 2.28. The summed E-state index contributed by atoms with van der Waals surface area (Å²) in [7, 11) is -3.43. The van der Waals surface area contributed by atoms with Crippen LogP contribution in [0.5, 0.6) is 0 Å². The van der Waals surface area contributed by atoms with Crippen LogP contribution in [0.25, 0.3) is 0 Å². The van der Waals surface area contributed by atoms with Gasteiger partial charge in [-0.05, 0) is 29.8 Å². The Labute approximate surface area is 147 Å². The van der Waals surface area contributed by atoms with Gasteiger partial charge in [0.1, 0.15) is 0 Å². The minimum absolute atomic E-state index is 0.331. The molecule has 3 rings (SSSR count). The molecule has 7 heteroatoms. The van der Waals surface area contributed by atoms with Crippen molar-refractivity contribution in [1.82, 2.24) is 9.21 Å². The molecule has 0 saturated carbocycles. The third-order valence-corrected chi connectivity index (χ3v) is 6.24. The lowest BCUT2D eigenvalue weighted by molar-refractivity contribution is 0.1000. The number of hydrogen-bond donors (Lipinski definition) is 1. The first-order valence-corrected chi connectivity index (χ1v) is 9.57. The summed E-state index contributed by atoms with van der Waals surface area (Å²) in [6.45, 7) is 2.86. The maximum atomic E-state index is 12.6. The number of amides is 1. The predicted molar refractivity (Wildman–Crippen MR) is 95.4 cm³/mol. The quantitative estimate of drug-likeness (QED) is 0.872. The summed E-state index contributed by atoms with van der Waals surface area (Å²) in [5, 5.41) is 0. The van der Waals surface area contributed by atoms with E-state index >= 15 is 0 Å². The topological polar surface area (TPSA) is 83.7 Å². The average molecular weight is 359 g/mol. The summed E-state index contributed by atoms with van der Waals surface area (Å²) in [6.07, 6.45) is 0. The Morgan fingerprint density at radius 1 is 0.960 bits per heavy atom. The molecular formula is C18H21N3O3S. The number of rotatable bonds is 5. The second-order valence-corrected chi connectivity index (χ2v) is 8.00. The first kappa shape index (κ1) is 17.6. The third kappa shape index (κ3) is 4.07. The molecule has 25 heavy (non-hydrogen) atoms. The molecule has 0 spiro atoms. The predicted octanol–water partition coefficient (Wildman–Crippen LogP) is 1.29. The lowest BCUT2D eigenvalue weighted by atomic mass is 10.1. The molecule has 2 aromatic rings. The average Bonchev–Trinajstić information content (AvgIpc) is 2.63. The van der Waals surface area contributed by atoms with Crippen LogP contribution in [0.15, 0.2) is 59.5 Å². The molecule has 1 fully saturated rings. The SMILES string of the molecule is NC(=O)c1cccc(CN2CCN(S(=O)(=O)c3ccccc3)CC2)c1. The summed E-state index contributed by atoms with van der Waals surface area (Å²) < 4.78 is 26.8. The normalized spacial score (nSPS) is 16.6. The molecule has 2 aromatic carbocycles. The summed E-state index contributed by atoms with van der Waals surface area (Å²) in [4.78, 5) is 13.8. The van der Waals surface area contributed by atoms with Crippen molar-refractivity contribution in [3.05, 3.63) is 65.7 Å². The van der Waals surface area contributed by atoms with Crippen LogP contribution in [0, 0.1) is 0 Å². The largest absolute Gasteiger partial charge is 0.366 e. The van der Waals surface area contributed by atoms with Crippen LogP contribution in [0.2, 0.25) is 0 Å². The van der Waals surface area contributed by atoms with Crippen LogP contribution in [0.4, 0.5) is 0 Å². The zero-order valence-corrected chi connectivity index (χ0v) is 14.7. The Kier molecular flexibility index (Phi) is 5.17. The number of hydrogen-bond acceptors (Lipinski definition) is 4. The lowest BCUT2D eigenvalue weighted by Gasteiger charge is -2.34. The van der Waals surface area contributed by atoms with Crippen molar-refractivity contribution in [1.29, 1.82) is 0 Å². The van der Waals surface area contributed by atoms with Gasteiger partial charge < -0.3 is 5.73 Å². The highest BCUT2D eigenvalue weighted by Crippen LogP contribution is 2.18. The van der Waals surface area contributed by atoms with E-state index in [0.29, 0.717) is 43.2 Å². The van der Waals surface area contributed by atoms with Gasteiger partial charge in [-0.25, -0.2) is 8.42 Å². The number of sulfonamides is 1. The molecule has 1 aliphatic heterocycles. The van der Waals surface area contributed by atoms with Gasteiger partial charge in [0.05, 0.1) is 4.90 Å². The van der Waals surface area contributed by atoms with Crippen molar-refractivity contribution in [3.63, 3.8) is 0 Å². The first-order valence-electron chi connectivity index (χ1n) is 8.13. The molecule has 1 amide bonds. The summed E-state index contributed by atoms with van der Waals surface area (Å²) in [5.74, 6) is -0.444. The Morgan fingerprint density at radius 3 is 2.28 bits per heavy atom. The Balaban J connectivity index is 1.62. The van der Waals surface area contributed by atoms with E-state index in [1.54, 1.807) is 42.5 Å². The van der Waals surface area contributed by atoms with Crippen LogP contribution in [-0.4, -0.2) is 49.7 Å². The van der Waals surface area contributed by atoms with Gasteiger partial charge in [-0.15, -0.1) is 0 Å². The molecule has 1 heterocycles. The molecule has 0 radical (unpaired) electrons. The highest BCUT2D eigenvalue weighted by atomic mass is 32.2. The van der Waals surface area contributed by atoms with Crippen molar-refractivity contribution in [2.45, 2.75) is 11.4 Å². The minimum atomic E-state index is -3.43. The van der Waals surface area contributed by atoms with Crippen LogP contribution in [0.3, 0.4) is 0 Å². The van der Waals surface area contributed by atoms with Crippen LogP contribution in [-0.2, 0) is 16.6 Å². The second kappa shape index (κ2) is 7.35. The second-order valence-electron chi connectivity index (χ2n) is 6.06. The van der Waals surface area contributed by atoms with Crippen molar-refractivity contribution in [2.75, 3.05) is 26.2 Å². The fourth-order valence-electron chi connectivity index (χ4n) is 2.95. The number of nitrogens with two attached hydrogens (primary N) is 1. The van der Waals surface area contributed by atoms with Crippen molar-refractivity contribution < 1.29 is 13.2 Å². The maximum absolute atomic E-state index is 12.6. The van der Waals surface area contributed by atoms with Gasteiger partial charge >= 0.3 is 0 Å². The van der Waals surface area contributed by atoms with E-state index in [1.165, 1.54) is 4.31 Å². The Hall–Kier alpha value is -2.22. The molecule has 1 aliphatic rings. The number of benzene rings is 2. The number of carbonyl (C=O) groups is 1. The monoisotopic (exact) mass is 359 g/mol. The van der Waals surface area contributed by atoms with E-state index in [0.717, 1.165) is 5.56 Å².